The third-order valence-corrected chi connectivity index (χ3v) is 5.65. The fourth-order valence-corrected chi connectivity index (χ4v) is 3.94. The monoisotopic (exact) mass is 398 g/mol. The molecule has 0 unspecified atom stereocenters. The minimum absolute atomic E-state index is 0.307. The van der Waals surface area contributed by atoms with E-state index in [1.807, 2.05) is 60.7 Å². The smallest absolute Gasteiger partial charge is 0.129 e. The lowest BCUT2D eigenvalue weighted by Crippen LogP contribution is -2.00. The maximum absolute atomic E-state index is 10.2. The van der Waals surface area contributed by atoms with Gasteiger partial charge >= 0.3 is 0 Å². The van der Waals surface area contributed by atoms with Gasteiger partial charge in [-0.3, -0.25) is 0 Å². The zero-order chi connectivity index (χ0) is 19.9. The zero-order valence-corrected chi connectivity index (χ0v) is 16.8. The van der Waals surface area contributed by atoms with Gasteiger partial charge in [0.25, 0.3) is 0 Å². The number of thioether (sulfide) groups is 1. The van der Waals surface area contributed by atoms with Crippen molar-refractivity contribution in [1.82, 2.24) is 0 Å². The van der Waals surface area contributed by atoms with Crippen LogP contribution < -0.4 is 4.74 Å². The van der Waals surface area contributed by atoms with Crippen LogP contribution in [-0.2, 0) is 0 Å². The van der Waals surface area contributed by atoms with Gasteiger partial charge in [-0.2, -0.15) is 0 Å². The number of rotatable bonds is 7. The first-order valence-corrected chi connectivity index (χ1v) is 10.6. The molecule has 0 radical (unpaired) electrons. The van der Waals surface area contributed by atoms with Gasteiger partial charge in [0.2, 0.25) is 0 Å². The first-order chi connectivity index (χ1) is 14.3. The molecule has 0 aliphatic rings. The molecule has 0 heterocycles. The lowest BCUT2D eigenvalue weighted by molar-refractivity contribution is 0.344. The van der Waals surface area contributed by atoms with Crippen LogP contribution in [0.4, 0.5) is 0 Å². The fourth-order valence-electron chi connectivity index (χ4n) is 3.13. The zero-order valence-electron chi connectivity index (χ0n) is 16.0. The van der Waals surface area contributed by atoms with Gasteiger partial charge in [0.15, 0.2) is 0 Å². The molecule has 29 heavy (non-hydrogen) atoms. The standard InChI is InChI=1S/C26H22O2S/c27-25-16-13-23(21-9-5-2-6-10-21)19-26(25)29-18-17-28-24-14-11-22(12-15-24)20-7-3-1-4-8-20/h1-16,19,27H,17-18H2. The van der Waals surface area contributed by atoms with E-state index in [0.29, 0.717) is 12.4 Å². The Balaban J connectivity index is 1.33. The molecular formula is C26H22O2S. The third kappa shape index (κ3) is 5.01. The van der Waals surface area contributed by atoms with Crippen LogP contribution in [0.2, 0.25) is 0 Å². The summed E-state index contributed by atoms with van der Waals surface area (Å²) in [6, 6.07) is 34.4. The SMILES string of the molecule is Oc1ccc(-c2ccccc2)cc1SCCOc1ccc(-c2ccccc2)cc1. The van der Waals surface area contributed by atoms with Gasteiger partial charge in [-0.15, -0.1) is 11.8 Å². The topological polar surface area (TPSA) is 29.5 Å². The number of phenols is 1. The molecule has 4 aromatic rings. The first kappa shape index (κ1) is 19.2. The van der Waals surface area contributed by atoms with Gasteiger partial charge < -0.3 is 9.84 Å². The summed E-state index contributed by atoms with van der Waals surface area (Å²) in [6.07, 6.45) is 0. The Bertz CT molecular complexity index is 1050. The third-order valence-electron chi connectivity index (χ3n) is 4.64. The molecule has 4 aromatic carbocycles. The Morgan fingerprint density at radius 2 is 1.17 bits per heavy atom. The summed E-state index contributed by atoms with van der Waals surface area (Å²) in [6.45, 7) is 0.574. The summed E-state index contributed by atoms with van der Waals surface area (Å²) in [5.74, 6) is 1.92. The minimum Gasteiger partial charge on any atom is -0.507 e. The summed E-state index contributed by atoms with van der Waals surface area (Å²) in [5, 5.41) is 10.2. The number of ether oxygens (including phenoxy) is 1. The average Bonchev–Trinajstić information content (AvgIpc) is 2.79. The van der Waals surface area contributed by atoms with Crippen molar-refractivity contribution < 1.29 is 9.84 Å². The summed E-state index contributed by atoms with van der Waals surface area (Å²) >= 11 is 1.60. The normalized spacial score (nSPS) is 10.6. The van der Waals surface area contributed by atoms with Crippen LogP contribution in [0.1, 0.15) is 0 Å². The van der Waals surface area contributed by atoms with Crippen molar-refractivity contribution in [2.75, 3.05) is 12.4 Å². The highest BCUT2D eigenvalue weighted by Crippen LogP contribution is 2.33. The van der Waals surface area contributed by atoms with Crippen molar-refractivity contribution >= 4 is 11.8 Å². The van der Waals surface area contributed by atoms with E-state index in [0.717, 1.165) is 27.5 Å². The Morgan fingerprint density at radius 3 is 1.83 bits per heavy atom. The molecule has 0 saturated heterocycles. The highest BCUT2D eigenvalue weighted by Gasteiger charge is 2.06. The molecule has 0 spiro atoms. The van der Waals surface area contributed by atoms with Gasteiger partial charge in [0, 0.05) is 10.6 Å². The molecule has 0 aromatic heterocycles. The molecule has 2 nitrogen and oxygen atoms in total. The van der Waals surface area contributed by atoms with E-state index in [-0.39, 0.29) is 0 Å². The summed E-state index contributed by atoms with van der Waals surface area (Å²) in [4.78, 5) is 0.870. The second-order valence-corrected chi connectivity index (χ2v) is 7.77. The number of hydrogen-bond acceptors (Lipinski definition) is 3. The molecule has 0 atom stereocenters. The van der Waals surface area contributed by atoms with Gasteiger partial charge in [0.05, 0.1) is 6.61 Å². The van der Waals surface area contributed by atoms with E-state index < -0.39 is 0 Å². The summed E-state index contributed by atoms with van der Waals surface area (Å²) in [7, 11) is 0. The highest BCUT2D eigenvalue weighted by atomic mass is 32.2. The fraction of sp³-hybridized carbons (Fsp3) is 0.0769. The molecule has 0 aliphatic heterocycles. The number of benzene rings is 4. The quantitative estimate of drug-likeness (QED) is 0.271. The van der Waals surface area contributed by atoms with Crippen LogP contribution in [0.25, 0.3) is 22.3 Å². The maximum Gasteiger partial charge on any atom is 0.129 e. The van der Waals surface area contributed by atoms with E-state index in [1.165, 1.54) is 11.1 Å². The Hall–Kier alpha value is -3.17. The molecule has 0 amide bonds. The number of phenolic OH excluding ortho intramolecular Hbond substituents is 1. The van der Waals surface area contributed by atoms with E-state index >= 15 is 0 Å². The molecule has 0 aliphatic carbocycles. The van der Waals surface area contributed by atoms with Crippen LogP contribution in [0.3, 0.4) is 0 Å². The van der Waals surface area contributed by atoms with Crippen LogP contribution in [0.15, 0.2) is 108 Å². The Morgan fingerprint density at radius 1 is 0.621 bits per heavy atom. The molecule has 0 bridgehead atoms. The highest BCUT2D eigenvalue weighted by molar-refractivity contribution is 7.99. The van der Waals surface area contributed by atoms with Crippen LogP contribution in [-0.4, -0.2) is 17.5 Å². The summed E-state index contributed by atoms with van der Waals surface area (Å²) in [5.41, 5.74) is 4.62. The van der Waals surface area contributed by atoms with Crippen molar-refractivity contribution in [1.29, 1.82) is 0 Å². The lowest BCUT2D eigenvalue weighted by Gasteiger charge is -2.10. The van der Waals surface area contributed by atoms with Crippen LogP contribution >= 0.6 is 11.8 Å². The second kappa shape index (κ2) is 9.35. The number of hydrogen-bond donors (Lipinski definition) is 1. The van der Waals surface area contributed by atoms with Crippen molar-refractivity contribution in [2.45, 2.75) is 4.90 Å². The predicted octanol–water partition coefficient (Wildman–Crippen LogP) is 6.90. The van der Waals surface area contributed by atoms with Gasteiger partial charge in [0.1, 0.15) is 11.5 Å². The van der Waals surface area contributed by atoms with Crippen molar-refractivity contribution in [3.63, 3.8) is 0 Å². The van der Waals surface area contributed by atoms with E-state index in [9.17, 15) is 5.11 Å². The number of aromatic hydroxyl groups is 1. The average molecular weight is 399 g/mol. The molecule has 0 fully saturated rings. The van der Waals surface area contributed by atoms with E-state index in [2.05, 4.69) is 36.4 Å². The molecular weight excluding hydrogens is 376 g/mol. The van der Waals surface area contributed by atoms with Crippen molar-refractivity contribution in [2.24, 2.45) is 0 Å². The van der Waals surface area contributed by atoms with Gasteiger partial charge in [-0.25, -0.2) is 0 Å². The molecule has 4 rings (SSSR count). The van der Waals surface area contributed by atoms with Gasteiger partial charge in [-0.1, -0.05) is 78.9 Å². The Labute approximate surface area is 175 Å². The maximum atomic E-state index is 10.2. The summed E-state index contributed by atoms with van der Waals surface area (Å²) < 4.78 is 5.87. The Kier molecular flexibility index (Phi) is 6.18. The molecule has 1 N–H and O–H groups in total. The largest absolute Gasteiger partial charge is 0.507 e. The van der Waals surface area contributed by atoms with Crippen molar-refractivity contribution in [3.05, 3.63) is 103 Å². The first-order valence-electron chi connectivity index (χ1n) is 9.59. The molecule has 3 heteroatoms. The van der Waals surface area contributed by atoms with E-state index in [1.54, 1.807) is 17.8 Å². The van der Waals surface area contributed by atoms with Crippen LogP contribution in [0.5, 0.6) is 11.5 Å². The van der Waals surface area contributed by atoms with Crippen LogP contribution in [0, 0.1) is 0 Å². The van der Waals surface area contributed by atoms with E-state index in [4.69, 9.17) is 4.74 Å². The predicted molar refractivity (Wildman–Crippen MR) is 122 cm³/mol. The van der Waals surface area contributed by atoms with Crippen molar-refractivity contribution in [3.8, 4) is 33.8 Å². The lowest BCUT2D eigenvalue weighted by atomic mass is 10.1. The molecule has 144 valence electrons. The minimum atomic E-state index is 0.307. The molecule has 0 saturated carbocycles. The second-order valence-electron chi connectivity index (χ2n) is 6.64. The van der Waals surface area contributed by atoms with Gasteiger partial charge in [-0.05, 0) is 46.5 Å².